The molecule has 0 aliphatic carbocycles. The predicted octanol–water partition coefficient (Wildman–Crippen LogP) is 2.25. The fourth-order valence-electron chi connectivity index (χ4n) is 1.12. The van der Waals surface area contributed by atoms with Crippen LogP contribution in [-0.2, 0) is 11.2 Å². The molecule has 0 atom stereocenters. The van der Waals surface area contributed by atoms with Crippen LogP contribution >= 0.6 is 11.8 Å². The van der Waals surface area contributed by atoms with Gasteiger partial charge in [-0.25, -0.2) is 0 Å². The average molecular weight is 196 g/mol. The van der Waals surface area contributed by atoms with E-state index in [-0.39, 0.29) is 0 Å². The van der Waals surface area contributed by atoms with Gasteiger partial charge >= 0.3 is 0 Å². The Labute approximate surface area is 82.0 Å². The average Bonchev–Trinajstić information content (AvgIpc) is 2.15. The Hall–Kier alpha value is -0.960. The van der Waals surface area contributed by atoms with Crippen molar-refractivity contribution in [1.29, 1.82) is 0 Å². The minimum absolute atomic E-state index is 0.302. The monoisotopic (exact) mass is 196 g/mol. The summed E-state index contributed by atoms with van der Waals surface area (Å²) < 4.78 is 0. The van der Waals surface area contributed by atoms with E-state index in [1.54, 1.807) is 6.07 Å². The molecule has 1 aromatic carbocycles. The number of aryl methyl sites for hydroxylation is 1. The number of benzene rings is 1. The fraction of sp³-hybridized carbons (Fsp3) is 0.300. The van der Waals surface area contributed by atoms with E-state index in [0.29, 0.717) is 18.6 Å². The molecule has 0 saturated heterocycles. The number of carbonyl (C=O) groups is 1. The van der Waals surface area contributed by atoms with Crippen LogP contribution in [0.4, 0.5) is 0 Å². The van der Waals surface area contributed by atoms with Gasteiger partial charge in [-0.3, -0.25) is 0 Å². The Morgan fingerprint density at radius 2 is 2.31 bits per heavy atom. The molecular weight excluding hydrogens is 184 g/mol. The van der Waals surface area contributed by atoms with Crippen LogP contribution in [0.2, 0.25) is 0 Å². The van der Waals surface area contributed by atoms with Crippen LogP contribution in [-0.4, -0.2) is 17.6 Å². The molecule has 3 heteroatoms. The Balaban J connectivity index is 2.76. The third-order valence-electron chi connectivity index (χ3n) is 1.79. The minimum Gasteiger partial charge on any atom is -0.507 e. The van der Waals surface area contributed by atoms with E-state index < -0.39 is 0 Å². The highest BCUT2D eigenvalue weighted by Crippen LogP contribution is 2.27. The van der Waals surface area contributed by atoms with Crippen LogP contribution in [0.15, 0.2) is 23.1 Å². The lowest BCUT2D eigenvalue weighted by Crippen LogP contribution is -1.86. The fourth-order valence-corrected chi connectivity index (χ4v) is 1.59. The second-order valence-electron chi connectivity index (χ2n) is 2.71. The lowest BCUT2D eigenvalue weighted by atomic mass is 10.1. The van der Waals surface area contributed by atoms with Crippen LogP contribution in [0, 0.1) is 0 Å². The molecular formula is C10H12O2S. The zero-order valence-electron chi connectivity index (χ0n) is 7.49. The van der Waals surface area contributed by atoms with Crippen molar-refractivity contribution in [2.75, 3.05) is 6.26 Å². The van der Waals surface area contributed by atoms with Gasteiger partial charge in [-0.15, -0.1) is 11.8 Å². The number of thioether (sulfide) groups is 1. The van der Waals surface area contributed by atoms with Gasteiger partial charge in [-0.05, 0) is 30.4 Å². The van der Waals surface area contributed by atoms with Crippen LogP contribution in [0.5, 0.6) is 5.75 Å². The van der Waals surface area contributed by atoms with Crippen molar-refractivity contribution in [1.82, 2.24) is 0 Å². The van der Waals surface area contributed by atoms with Gasteiger partial charge in [0.05, 0.1) is 0 Å². The van der Waals surface area contributed by atoms with Crippen molar-refractivity contribution in [3.63, 3.8) is 0 Å². The van der Waals surface area contributed by atoms with E-state index in [1.165, 1.54) is 11.8 Å². The summed E-state index contributed by atoms with van der Waals surface area (Å²) in [7, 11) is 0. The lowest BCUT2D eigenvalue weighted by molar-refractivity contribution is -0.107. The minimum atomic E-state index is 0.302. The first kappa shape index (κ1) is 10.1. The third kappa shape index (κ3) is 2.77. The highest BCUT2D eigenvalue weighted by molar-refractivity contribution is 7.98. The first-order valence-electron chi connectivity index (χ1n) is 4.07. The standard InChI is InChI=1S/C10H12O2S/c1-13-10-5-4-8(3-2-6-11)7-9(10)12/h4-7,12H,2-3H2,1H3. The van der Waals surface area contributed by atoms with Gasteiger partial charge < -0.3 is 9.90 Å². The van der Waals surface area contributed by atoms with Gasteiger partial charge in [0.1, 0.15) is 12.0 Å². The molecule has 1 N–H and O–H groups in total. The molecule has 0 amide bonds. The molecule has 0 aliphatic rings. The van der Waals surface area contributed by atoms with Gasteiger partial charge in [0, 0.05) is 11.3 Å². The molecule has 13 heavy (non-hydrogen) atoms. The number of phenols is 1. The number of carbonyl (C=O) groups excluding carboxylic acids is 1. The van der Waals surface area contributed by atoms with Crippen molar-refractivity contribution in [3.8, 4) is 5.75 Å². The number of phenolic OH excluding ortho intramolecular Hbond substituents is 1. The van der Waals surface area contributed by atoms with Gasteiger partial charge in [0.25, 0.3) is 0 Å². The molecule has 0 unspecified atom stereocenters. The second kappa shape index (κ2) is 4.92. The summed E-state index contributed by atoms with van der Waals surface area (Å²) in [5.74, 6) is 0.302. The van der Waals surface area contributed by atoms with E-state index in [1.807, 2.05) is 18.4 Å². The summed E-state index contributed by atoms with van der Waals surface area (Å²) >= 11 is 1.51. The maximum Gasteiger partial charge on any atom is 0.129 e. The van der Waals surface area contributed by atoms with Crippen molar-refractivity contribution in [2.24, 2.45) is 0 Å². The van der Waals surface area contributed by atoms with Crippen molar-refractivity contribution < 1.29 is 9.90 Å². The summed E-state index contributed by atoms with van der Waals surface area (Å²) in [6.45, 7) is 0. The number of aromatic hydroxyl groups is 1. The molecule has 0 aromatic heterocycles. The molecule has 2 nitrogen and oxygen atoms in total. The van der Waals surface area contributed by atoms with E-state index in [9.17, 15) is 9.90 Å². The molecule has 0 fully saturated rings. The molecule has 1 rings (SSSR count). The number of aldehydes is 1. The molecule has 0 saturated carbocycles. The first-order valence-corrected chi connectivity index (χ1v) is 5.30. The van der Waals surface area contributed by atoms with Crippen LogP contribution in [0.25, 0.3) is 0 Å². The van der Waals surface area contributed by atoms with Gasteiger partial charge in [-0.2, -0.15) is 0 Å². The van der Waals surface area contributed by atoms with Crippen LogP contribution < -0.4 is 0 Å². The molecule has 0 bridgehead atoms. The highest BCUT2D eigenvalue weighted by atomic mass is 32.2. The normalized spacial score (nSPS) is 9.92. The maximum atomic E-state index is 10.1. The van der Waals surface area contributed by atoms with Gasteiger partial charge in [-0.1, -0.05) is 6.07 Å². The van der Waals surface area contributed by atoms with Crippen molar-refractivity contribution >= 4 is 18.0 Å². The largest absolute Gasteiger partial charge is 0.507 e. The molecule has 70 valence electrons. The summed E-state index contributed by atoms with van der Waals surface area (Å²) in [5, 5.41) is 9.48. The first-order chi connectivity index (χ1) is 6.27. The predicted molar refractivity (Wildman–Crippen MR) is 54.3 cm³/mol. The van der Waals surface area contributed by atoms with Crippen molar-refractivity contribution in [2.45, 2.75) is 17.7 Å². The van der Waals surface area contributed by atoms with E-state index in [4.69, 9.17) is 0 Å². The van der Waals surface area contributed by atoms with Crippen LogP contribution in [0.3, 0.4) is 0 Å². The molecule has 0 spiro atoms. The topological polar surface area (TPSA) is 37.3 Å². The van der Waals surface area contributed by atoms with E-state index in [2.05, 4.69) is 0 Å². The van der Waals surface area contributed by atoms with E-state index in [0.717, 1.165) is 16.7 Å². The number of hydrogen-bond acceptors (Lipinski definition) is 3. The summed E-state index contributed by atoms with van der Waals surface area (Å²) in [6.07, 6.45) is 4.02. The quantitative estimate of drug-likeness (QED) is 0.592. The highest BCUT2D eigenvalue weighted by Gasteiger charge is 2.00. The SMILES string of the molecule is CSc1ccc(CCC=O)cc1O. The molecule has 1 aromatic rings. The zero-order chi connectivity index (χ0) is 9.68. The van der Waals surface area contributed by atoms with Crippen molar-refractivity contribution in [3.05, 3.63) is 23.8 Å². The maximum absolute atomic E-state index is 10.1. The number of rotatable bonds is 4. The molecule has 0 heterocycles. The third-order valence-corrected chi connectivity index (χ3v) is 2.58. The van der Waals surface area contributed by atoms with Gasteiger partial charge in [0.15, 0.2) is 0 Å². The van der Waals surface area contributed by atoms with Crippen LogP contribution in [0.1, 0.15) is 12.0 Å². The lowest BCUT2D eigenvalue weighted by Gasteiger charge is -2.03. The Morgan fingerprint density at radius 3 is 2.85 bits per heavy atom. The second-order valence-corrected chi connectivity index (χ2v) is 3.56. The molecule has 0 radical (unpaired) electrons. The number of hydrogen-bond donors (Lipinski definition) is 1. The molecule has 0 aliphatic heterocycles. The summed E-state index contributed by atoms with van der Waals surface area (Å²) in [5.41, 5.74) is 1.00. The zero-order valence-corrected chi connectivity index (χ0v) is 8.30. The Bertz CT molecular complexity index is 297. The Kier molecular flexibility index (Phi) is 3.83. The summed E-state index contributed by atoms with van der Waals surface area (Å²) in [4.78, 5) is 11.0. The Morgan fingerprint density at radius 1 is 1.54 bits per heavy atom. The smallest absolute Gasteiger partial charge is 0.129 e. The van der Waals surface area contributed by atoms with E-state index >= 15 is 0 Å². The van der Waals surface area contributed by atoms with Gasteiger partial charge in [0.2, 0.25) is 0 Å². The summed E-state index contributed by atoms with van der Waals surface area (Å²) in [6, 6.07) is 5.53.